The Balaban J connectivity index is 1.55. The van der Waals surface area contributed by atoms with Crippen LogP contribution in [-0.4, -0.2) is 49.1 Å². The Hall–Kier alpha value is -2.22. The van der Waals surface area contributed by atoms with Gasteiger partial charge in [0.15, 0.2) is 0 Å². The number of hydrogen-bond donors (Lipinski definition) is 0. The molecule has 1 aliphatic rings. The predicted molar refractivity (Wildman–Crippen MR) is 114 cm³/mol. The van der Waals surface area contributed by atoms with Crippen LogP contribution in [0.2, 0.25) is 0 Å². The van der Waals surface area contributed by atoms with Crippen molar-refractivity contribution < 1.29 is 13.2 Å². The molecule has 0 unspecified atom stereocenters. The van der Waals surface area contributed by atoms with Gasteiger partial charge in [0, 0.05) is 32.7 Å². The molecule has 154 valence electrons. The predicted octanol–water partition coefficient (Wildman–Crippen LogP) is 3.56. The van der Waals surface area contributed by atoms with Crippen molar-refractivity contribution in [3.63, 3.8) is 0 Å². The molecule has 0 radical (unpaired) electrons. The van der Waals surface area contributed by atoms with Gasteiger partial charge in [-0.1, -0.05) is 29.8 Å². The zero-order valence-electron chi connectivity index (χ0n) is 16.9. The summed E-state index contributed by atoms with van der Waals surface area (Å²) in [7, 11) is -1.75. The lowest BCUT2D eigenvalue weighted by molar-refractivity contribution is 0.186. The number of piperidine rings is 1. The van der Waals surface area contributed by atoms with E-state index in [1.807, 2.05) is 37.3 Å². The normalized spacial score (nSPS) is 16.5. The fourth-order valence-corrected chi connectivity index (χ4v) is 5.51. The van der Waals surface area contributed by atoms with E-state index < -0.39 is 10.0 Å². The molecule has 2 heterocycles. The maximum atomic E-state index is 13.0. The van der Waals surface area contributed by atoms with E-state index >= 15 is 0 Å². The molecule has 1 aliphatic heterocycles. The van der Waals surface area contributed by atoms with E-state index in [9.17, 15) is 8.42 Å². The highest BCUT2D eigenvalue weighted by Gasteiger charge is 2.32. The smallest absolute Gasteiger partial charge is 0.243 e. The lowest BCUT2D eigenvalue weighted by Gasteiger charge is -2.31. The molecule has 1 saturated heterocycles. The van der Waals surface area contributed by atoms with E-state index in [0.717, 1.165) is 41.8 Å². The SMILES string of the molecule is COCCn1c(C2CCN(S(=O)(=O)c3ccc(C)cc3)CC2)nc2ccccc21. The standard InChI is InChI=1S/C22H27N3O3S/c1-17-7-9-19(10-8-17)29(26,27)24-13-11-18(12-14-24)22-23-20-5-3-4-6-21(20)25(22)15-16-28-2/h3-10,18H,11-16H2,1-2H3. The third kappa shape index (κ3) is 3.95. The molecule has 0 spiro atoms. The van der Waals surface area contributed by atoms with Crippen molar-refractivity contribution in [3.8, 4) is 0 Å². The average Bonchev–Trinajstić information content (AvgIpc) is 3.11. The first kappa shape index (κ1) is 20.1. The molecule has 4 rings (SSSR count). The largest absolute Gasteiger partial charge is 0.383 e. The Bertz CT molecular complexity index is 1080. The first-order valence-corrected chi connectivity index (χ1v) is 11.5. The molecular weight excluding hydrogens is 386 g/mol. The van der Waals surface area contributed by atoms with Crippen LogP contribution in [0.1, 0.15) is 30.1 Å². The van der Waals surface area contributed by atoms with E-state index in [1.54, 1.807) is 23.5 Å². The summed E-state index contributed by atoms with van der Waals surface area (Å²) in [5.41, 5.74) is 3.14. The maximum absolute atomic E-state index is 13.0. The minimum Gasteiger partial charge on any atom is -0.383 e. The highest BCUT2D eigenvalue weighted by molar-refractivity contribution is 7.89. The van der Waals surface area contributed by atoms with Gasteiger partial charge in [0.1, 0.15) is 5.82 Å². The van der Waals surface area contributed by atoms with Gasteiger partial charge in [0.05, 0.1) is 22.5 Å². The number of sulfonamides is 1. The van der Waals surface area contributed by atoms with Crippen molar-refractivity contribution >= 4 is 21.1 Å². The van der Waals surface area contributed by atoms with E-state index in [0.29, 0.717) is 24.6 Å². The Morgan fingerprint density at radius 1 is 1.07 bits per heavy atom. The first-order valence-electron chi connectivity index (χ1n) is 10.0. The van der Waals surface area contributed by atoms with E-state index in [4.69, 9.17) is 9.72 Å². The zero-order valence-corrected chi connectivity index (χ0v) is 17.7. The number of para-hydroxylation sites is 2. The average molecular weight is 414 g/mol. The molecule has 7 heteroatoms. The van der Waals surface area contributed by atoms with Crippen LogP contribution in [0.5, 0.6) is 0 Å². The van der Waals surface area contributed by atoms with Gasteiger partial charge < -0.3 is 9.30 Å². The van der Waals surface area contributed by atoms with Gasteiger partial charge in [-0.05, 0) is 44.0 Å². The third-order valence-corrected chi connectivity index (χ3v) is 7.59. The Kier molecular flexibility index (Phi) is 5.72. The van der Waals surface area contributed by atoms with Crippen molar-refractivity contribution in [2.75, 3.05) is 26.8 Å². The van der Waals surface area contributed by atoms with Crippen molar-refractivity contribution in [2.45, 2.75) is 37.1 Å². The van der Waals surface area contributed by atoms with Crippen LogP contribution >= 0.6 is 0 Å². The summed E-state index contributed by atoms with van der Waals surface area (Å²) in [5.74, 6) is 1.28. The summed E-state index contributed by atoms with van der Waals surface area (Å²) in [6.45, 7) is 4.34. The van der Waals surface area contributed by atoms with Gasteiger partial charge in [0.2, 0.25) is 10.0 Å². The summed E-state index contributed by atoms with van der Waals surface area (Å²) >= 11 is 0. The van der Waals surface area contributed by atoms with Crippen LogP contribution in [0, 0.1) is 6.92 Å². The fourth-order valence-electron chi connectivity index (χ4n) is 4.04. The number of hydrogen-bond acceptors (Lipinski definition) is 4. The van der Waals surface area contributed by atoms with Gasteiger partial charge in [-0.2, -0.15) is 4.31 Å². The number of fused-ring (bicyclic) bond motifs is 1. The van der Waals surface area contributed by atoms with Crippen molar-refractivity contribution in [3.05, 3.63) is 59.9 Å². The minimum absolute atomic E-state index is 0.240. The Labute approximate surface area is 172 Å². The van der Waals surface area contributed by atoms with Crippen LogP contribution in [0.4, 0.5) is 0 Å². The Morgan fingerprint density at radius 2 is 1.76 bits per heavy atom. The molecule has 6 nitrogen and oxygen atoms in total. The molecule has 3 aromatic rings. The molecule has 0 saturated carbocycles. The van der Waals surface area contributed by atoms with Crippen LogP contribution in [0.15, 0.2) is 53.4 Å². The van der Waals surface area contributed by atoms with Crippen LogP contribution in [-0.2, 0) is 21.3 Å². The molecule has 0 aliphatic carbocycles. The molecule has 0 bridgehead atoms. The van der Waals surface area contributed by atoms with Gasteiger partial charge in [0.25, 0.3) is 0 Å². The first-order chi connectivity index (χ1) is 14.0. The van der Waals surface area contributed by atoms with E-state index in [2.05, 4.69) is 10.6 Å². The summed E-state index contributed by atoms with van der Waals surface area (Å²) in [6, 6.07) is 15.2. The summed E-state index contributed by atoms with van der Waals surface area (Å²) in [4.78, 5) is 5.25. The number of imidazole rings is 1. The molecule has 1 aromatic heterocycles. The van der Waals surface area contributed by atoms with Crippen LogP contribution in [0.25, 0.3) is 11.0 Å². The number of aromatic nitrogens is 2. The monoisotopic (exact) mass is 413 g/mol. The second kappa shape index (κ2) is 8.26. The molecule has 0 atom stereocenters. The van der Waals surface area contributed by atoms with Crippen molar-refractivity contribution in [2.24, 2.45) is 0 Å². The number of aryl methyl sites for hydroxylation is 1. The molecule has 0 N–H and O–H groups in total. The summed E-state index contributed by atoms with van der Waals surface area (Å²) in [6.07, 6.45) is 1.53. The topological polar surface area (TPSA) is 64.4 Å². The van der Waals surface area contributed by atoms with Gasteiger partial charge in [-0.25, -0.2) is 13.4 Å². The lowest BCUT2D eigenvalue weighted by Crippen LogP contribution is -2.38. The summed E-state index contributed by atoms with van der Waals surface area (Å²) in [5, 5.41) is 0. The molecular formula is C22H27N3O3S. The minimum atomic E-state index is -3.45. The quantitative estimate of drug-likeness (QED) is 0.620. The third-order valence-electron chi connectivity index (χ3n) is 5.68. The summed E-state index contributed by atoms with van der Waals surface area (Å²) < 4.78 is 35.1. The lowest BCUT2D eigenvalue weighted by atomic mass is 9.97. The van der Waals surface area contributed by atoms with Gasteiger partial charge in [-0.15, -0.1) is 0 Å². The van der Waals surface area contributed by atoms with Crippen molar-refractivity contribution in [1.29, 1.82) is 0 Å². The van der Waals surface area contributed by atoms with Crippen LogP contribution in [0.3, 0.4) is 0 Å². The number of rotatable bonds is 6. The van der Waals surface area contributed by atoms with E-state index in [1.165, 1.54) is 0 Å². The molecule has 2 aromatic carbocycles. The number of ether oxygens (including phenoxy) is 1. The highest BCUT2D eigenvalue weighted by Crippen LogP contribution is 2.32. The second-order valence-corrected chi connectivity index (χ2v) is 9.53. The Morgan fingerprint density at radius 3 is 2.45 bits per heavy atom. The molecule has 29 heavy (non-hydrogen) atoms. The molecule has 1 fully saturated rings. The highest BCUT2D eigenvalue weighted by atomic mass is 32.2. The van der Waals surface area contributed by atoms with Gasteiger partial charge >= 0.3 is 0 Å². The number of methoxy groups -OCH3 is 1. The number of benzene rings is 2. The van der Waals surface area contributed by atoms with Crippen molar-refractivity contribution in [1.82, 2.24) is 13.9 Å². The van der Waals surface area contributed by atoms with E-state index in [-0.39, 0.29) is 5.92 Å². The second-order valence-electron chi connectivity index (χ2n) is 7.59. The molecule has 0 amide bonds. The fraction of sp³-hybridized carbons (Fsp3) is 0.409. The number of nitrogens with zero attached hydrogens (tertiary/aromatic N) is 3. The zero-order chi connectivity index (χ0) is 20.4. The maximum Gasteiger partial charge on any atom is 0.243 e. The van der Waals surface area contributed by atoms with Gasteiger partial charge in [-0.3, -0.25) is 0 Å². The van der Waals surface area contributed by atoms with Crippen LogP contribution < -0.4 is 0 Å².